The summed E-state index contributed by atoms with van der Waals surface area (Å²) >= 11 is 0. The molecule has 3 rings (SSSR count). The number of rotatable bonds is 3. The average molecular weight is 396 g/mol. The van der Waals surface area contributed by atoms with E-state index in [2.05, 4.69) is 43.1 Å². The largest absolute Gasteiger partial charge is 0.334 e. The van der Waals surface area contributed by atoms with Gasteiger partial charge in [0, 0.05) is 37.1 Å². The third-order valence-electron chi connectivity index (χ3n) is 4.88. The van der Waals surface area contributed by atoms with E-state index in [0.717, 1.165) is 30.5 Å². The lowest BCUT2D eigenvalue weighted by molar-refractivity contribution is 0.0573. The van der Waals surface area contributed by atoms with Gasteiger partial charge in [0.2, 0.25) is 0 Å². The van der Waals surface area contributed by atoms with Gasteiger partial charge in [-0.15, -0.1) is 24.8 Å². The molecule has 2 heterocycles. The Hall–Kier alpha value is -1.62. The fourth-order valence-electron chi connectivity index (χ4n) is 3.37. The van der Waals surface area contributed by atoms with Crippen molar-refractivity contribution in [2.24, 2.45) is 11.7 Å². The molecule has 1 aliphatic rings. The highest BCUT2D eigenvalue weighted by atomic mass is 35.5. The summed E-state index contributed by atoms with van der Waals surface area (Å²) in [6, 6.07) is 10.3. The zero-order valence-electron chi connectivity index (χ0n) is 15.2. The number of nitrogens with zero attached hydrogens (tertiary/aromatic N) is 2. The highest BCUT2D eigenvalue weighted by Gasteiger charge is 2.29. The van der Waals surface area contributed by atoms with Crippen LogP contribution in [0.25, 0.3) is 11.1 Å². The van der Waals surface area contributed by atoms with E-state index in [1.54, 1.807) is 12.4 Å². The maximum atomic E-state index is 12.9. The third kappa shape index (κ3) is 4.97. The number of halogens is 2. The number of hydrogen-bond acceptors (Lipinski definition) is 3. The molecule has 2 atom stereocenters. The van der Waals surface area contributed by atoms with Gasteiger partial charge in [0.25, 0.3) is 5.91 Å². The Kier molecular flexibility index (Phi) is 8.54. The molecule has 2 aromatic rings. The SMILES string of the molecule is Cc1ccc(-c2cncc(C(=O)N3CCC(C)CC3CN)c2)cc1.Cl.Cl. The van der Waals surface area contributed by atoms with Crippen LogP contribution in [0.3, 0.4) is 0 Å². The van der Waals surface area contributed by atoms with E-state index in [-0.39, 0.29) is 36.8 Å². The summed E-state index contributed by atoms with van der Waals surface area (Å²) in [5.41, 5.74) is 9.79. The average Bonchev–Trinajstić information content (AvgIpc) is 2.61. The van der Waals surface area contributed by atoms with Crippen molar-refractivity contribution >= 4 is 30.7 Å². The van der Waals surface area contributed by atoms with Crippen molar-refractivity contribution in [3.63, 3.8) is 0 Å². The molecule has 1 aromatic heterocycles. The van der Waals surface area contributed by atoms with Crippen molar-refractivity contribution in [2.45, 2.75) is 32.7 Å². The number of hydrogen-bond donors (Lipinski definition) is 1. The van der Waals surface area contributed by atoms with E-state index < -0.39 is 0 Å². The molecule has 6 heteroatoms. The van der Waals surface area contributed by atoms with E-state index in [1.807, 2.05) is 11.0 Å². The first-order valence-corrected chi connectivity index (χ1v) is 8.61. The summed E-state index contributed by atoms with van der Waals surface area (Å²) in [7, 11) is 0. The number of likely N-dealkylation sites (tertiary alicyclic amines) is 1. The number of aromatic nitrogens is 1. The van der Waals surface area contributed by atoms with Crippen LogP contribution in [0.2, 0.25) is 0 Å². The molecule has 0 aliphatic carbocycles. The number of carbonyl (C=O) groups excluding carboxylic acids is 1. The standard InChI is InChI=1S/C20H25N3O.2ClH/c1-14-3-5-16(6-4-14)17-10-18(13-22-12-17)20(24)23-8-7-15(2)9-19(23)11-21;;/h3-6,10,12-13,15,19H,7-9,11,21H2,1-2H3;2*1H. The zero-order valence-corrected chi connectivity index (χ0v) is 16.9. The summed E-state index contributed by atoms with van der Waals surface area (Å²) in [4.78, 5) is 19.2. The van der Waals surface area contributed by atoms with Crippen molar-refractivity contribution in [2.75, 3.05) is 13.1 Å². The van der Waals surface area contributed by atoms with Crippen molar-refractivity contribution < 1.29 is 4.79 Å². The lowest BCUT2D eigenvalue weighted by Gasteiger charge is -2.38. The van der Waals surface area contributed by atoms with Crippen LogP contribution in [0, 0.1) is 12.8 Å². The highest BCUT2D eigenvalue weighted by molar-refractivity contribution is 5.95. The molecule has 0 saturated carbocycles. The molecule has 4 nitrogen and oxygen atoms in total. The molecule has 1 aliphatic heterocycles. The molecule has 0 bridgehead atoms. The van der Waals surface area contributed by atoms with Crippen LogP contribution in [-0.4, -0.2) is 34.9 Å². The minimum atomic E-state index is 0. The first-order chi connectivity index (χ1) is 11.6. The lowest BCUT2D eigenvalue weighted by atomic mass is 9.92. The van der Waals surface area contributed by atoms with E-state index in [9.17, 15) is 4.79 Å². The van der Waals surface area contributed by atoms with Gasteiger partial charge in [-0.2, -0.15) is 0 Å². The van der Waals surface area contributed by atoms with Crippen molar-refractivity contribution in [3.05, 3.63) is 53.9 Å². The van der Waals surface area contributed by atoms with Crippen LogP contribution in [0.15, 0.2) is 42.7 Å². The second-order valence-electron chi connectivity index (χ2n) is 6.85. The zero-order chi connectivity index (χ0) is 17.1. The topological polar surface area (TPSA) is 59.2 Å². The van der Waals surface area contributed by atoms with Crippen LogP contribution < -0.4 is 5.73 Å². The molecule has 1 fully saturated rings. The number of benzene rings is 1. The van der Waals surface area contributed by atoms with Gasteiger partial charge >= 0.3 is 0 Å². The molecule has 0 radical (unpaired) electrons. The molecule has 1 aromatic carbocycles. The van der Waals surface area contributed by atoms with Gasteiger partial charge in [0.05, 0.1) is 5.56 Å². The Labute approximate surface area is 168 Å². The molecule has 142 valence electrons. The highest BCUT2D eigenvalue weighted by Crippen LogP contribution is 2.25. The number of carbonyl (C=O) groups is 1. The fourth-order valence-corrected chi connectivity index (χ4v) is 3.37. The first-order valence-electron chi connectivity index (χ1n) is 8.61. The summed E-state index contributed by atoms with van der Waals surface area (Å²) in [6.45, 7) is 5.58. The van der Waals surface area contributed by atoms with Crippen LogP contribution in [0.4, 0.5) is 0 Å². The maximum absolute atomic E-state index is 12.9. The number of amides is 1. The molecule has 0 spiro atoms. The van der Waals surface area contributed by atoms with E-state index >= 15 is 0 Å². The Bertz CT molecular complexity index is 721. The van der Waals surface area contributed by atoms with Crippen molar-refractivity contribution in [3.8, 4) is 11.1 Å². The minimum Gasteiger partial charge on any atom is -0.334 e. The van der Waals surface area contributed by atoms with Crippen LogP contribution in [0.1, 0.15) is 35.7 Å². The molecular weight excluding hydrogens is 369 g/mol. The van der Waals surface area contributed by atoms with Gasteiger partial charge in [0.1, 0.15) is 0 Å². The Morgan fingerprint density at radius 2 is 1.88 bits per heavy atom. The second kappa shape index (κ2) is 9.91. The molecule has 1 amide bonds. The van der Waals surface area contributed by atoms with Crippen molar-refractivity contribution in [1.82, 2.24) is 9.88 Å². The number of piperidine rings is 1. The molecule has 2 unspecified atom stereocenters. The summed E-state index contributed by atoms with van der Waals surface area (Å²) < 4.78 is 0. The normalized spacial score (nSPS) is 19.3. The number of nitrogens with two attached hydrogens (primary N) is 1. The monoisotopic (exact) mass is 395 g/mol. The predicted octanol–water partition coefficient (Wildman–Crippen LogP) is 4.10. The third-order valence-corrected chi connectivity index (χ3v) is 4.88. The second-order valence-corrected chi connectivity index (χ2v) is 6.85. The Morgan fingerprint density at radius 3 is 2.54 bits per heavy atom. The van der Waals surface area contributed by atoms with Crippen molar-refractivity contribution in [1.29, 1.82) is 0 Å². The number of aryl methyl sites for hydroxylation is 1. The fraction of sp³-hybridized carbons (Fsp3) is 0.400. The molecule has 2 N–H and O–H groups in total. The van der Waals surface area contributed by atoms with E-state index in [4.69, 9.17) is 5.73 Å². The van der Waals surface area contributed by atoms with Gasteiger partial charge in [-0.3, -0.25) is 9.78 Å². The quantitative estimate of drug-likeness (QED) is 0.850. The van der Waals surface area contributed by atoms with Crippen LogP contribution >= 0.6 is 24.8 Å². The van der Waals surface area contributed by atoms with Gasteiger partial charge in [-0.1, -0.05) is 36.8 Å². The minimum absolute atomic E-state index is 0. The van der Waals surface area contributed by atoms with E-state index in [1.165, 1.54) is 5.56 Å². The maximum Gasteiger partial charge on any atom is 0.255 e. The van der Waals surface area contributed by atoms with Gasteiger partial charge in [-0.25, -0.2) is 0 Å². The lowest BCUT2D eigenvalue weighted by Crippen LogP contribution is -2.49. The van der Waals surface area contributed by atoms with Gasteiger partial charge < -0.3 is 10.6 Å². The molecule has 26 heavy (non-hydrogen) atoms. The van der Waals surface area contributed by atoms with Gasteiger partial charge in [0.15, 0.2) is 0 Å². The summed E-state index contributed by atoms with van der Waals surface area (Å²) in [5.74, 6) is 0.665. The molecular formula is C20H27Cl2N3O. The first kappa shape index (κ1) is 22.4. The number of pyridine rings is 1. The van der Waals surface area contributed by atoms with E-state index in [0.29, 0.717) is 18.0 Å². The predicted molar refractivity (Wildman–Crippen MR) is 111 cm³/mol. The smallest absolute Gasteiger partial charge is 0.255 e. The Morgan fingerprint density at radius 1 is 1.19 bits per heavy atom. The Balaban J connectivity index is 0.00000169. The summed E-state index contributed by atoms with van der Waals surface area (Å²) in [6.07, 6.45) is 5.48. The van der Waals surface area contributed by atoms with Crippen LogP contribution in [0.5, 0.6) is 0 Å². The summed E-state index contributed by atoms with van der Waals surface area (Å²) in [5, 5.41) is 0. The van der Waals surface area contributed by atoms with Gasteiger partial charge in [-0.05, 0) is 37.3 Å². The molecule has 1 saturated heterocycles. The van der Waals surface area contributed by atoms with Crippen LogP contribution in [-0.2, 0) is 0 Å².